The van der Waals surface area contributed by atoms with Crippen LogP contribution in [0.15, 0.2) is 96.0 Å². The quantitative estimate of drug-likeness (QED) is 0.188. The smallest absolute Gasteiger partial charge is 0.141 e. The molecule has 1 aliphatic heterocycles. The second-order valence-corrected chi connectivity index (χ2v) is 13.6. The number of hydrogen-bond donors (Lipinski definition) is 0. The van der Waals surface area contributed by atoms with Gasteiger partial charge in [-0.15, -0.1) is 0 Å². The second kappa shape index (κ2) is 11.7. The third-order valence-corrected chi connectivity index (χ3v) is 10.4. The van der Waals surface area contributed by atoms with Crippen LogP contribution in [0.2, 0.25) is 0 Å². The Bertz CT molecular complexity index is 2680. The maximum atomic E-state index is 10.1. The van der Waals surface area contributed by atoms with Gasteiger partial charge < -0.3 is 0 Å². The molecule has 1 unspecified atom stereocenters. The molecule has 3 aliphatic rings. The Balaban J connectivity index is 1.37. The predicted molar refractivity (Wildman–Crippen MR) is 201 cm³/mol. The number of pyridine rings is 1. The van der Waals surface area contributed by atoms with Crippen LogP contribution < -0.4 is 0 Å². The van der Waals surface area contributed by atoms with E-state index in [0.29, 0.717) is 17.5 Å². The molecule has 4 heterocycles. The summed E-state index contributed by atoms with van der Waals surface area (Å²) < 4.78 is 4.42. The number of rotatable bonds is 4. The molecule has 0 bridgehead atoms. The molecule has 7 nitrogen and oxygen atoms in total. The van der Waals surface area contributed by atoms with Crippen molar-refractivity contribution in [3.05, 3.63) is 130 Å². The lowest BCUT2D eigenvalue weighted by Crippen LogP contribution is -2.18. The fraction of sp³-hybridized carbons (Fsp3) is 0.159. The Morgan fingerprint density at radius 1 is 0.765 bits per heavy atom. The molecule has 6 aromatic rings. The van der Waals surface area contributed by atoms with E-state index in [4.69, 9.17) is 9.98 Å². The van der Waals surface area contributed by atoms with Crippen LogP contribution >= 0.6 is 0 Å². The molecule has 3 aromatic carbocycles. The molecular weight excluding hydrogens is 627 g/mol. The zero-order valence-electron chi connectivity index (χ0n) is 28.1. The van der Waals surface area contributed by atoms with E-state index in [9.17, 15) is 15.8 Å². The molecule has 0 amide bonds. The molecule has 0 fully saturated rings. The van der Waals surface area contributed by atoms with Gasteiger partial charge >= 0.3 is 0 Å². The number of benzene rings is 3. The maximum absolute atomic E-state index is 10.1. The van der Waals surface area contributed by atoms with Crippen LogP contribution in [-0.2, 0) is 19.3 Å². The lowest BCUT2D eigenvalue weighted by molar-refractivity contribution is 0.561. The monoisotopic (exact) mass is 657 g/mol. The first-order valence-corrected chi connectivity index (χ1v) is 17.3. The van der Waals surface area contributed by atoms with Crippen molar-refractivity contribution in [3.8, 4) is 52.1 Å². The second-order valence-electron chi connectivity index (χ2n) is 13.6. The highest BCUT2D eigenvalue weighted by molar-refractivity contribution is 5.93. The van der Waals surface area contributed by atoms with Gasteiger partial charge in [-0.3, -0.25) is 9.13 Å². The molecule has 0 spiro atoms. The Hall–Kier alpha value is -6.75. The van der Waals surface area contributed by atoms with Crippen LogP contribution in [0, 0.1) is 39.4 Å². The number of allylic oxidation sites excluding steroid dienone is 2. The zero-order chi connectivity index (χ0) is 34.7. The zero-order valence-corrected chi connectivity index (χ0v) is 28.1. The minimum atomic E-state index is -0.670. The molecule has 0 N–H and O–H groups in total. The number of aromatic nitrogens is 3. The maximum Gasteiger partial charge on any atom is 0.141 e. The van der Waals surface area contributed by atoms with Gasteiger partial charge in [0.05, 0.1) is 46.0 Å². The summed E-state index contributed by atoms with van der Waals surface area (Å²) in [5.41, 5.74) is 10.9. The molecule has 0 saturated carbocycles. The molecule has 3 aromatic heterocycles. The molecular formula is C44H31N7. The van der Waals surface area contributed by atoms with E-state index in [-0.39, 0.29) is 0 Å². The van der Waals surface area contributed by atoms with Gasteiger partial charge in [0.15, 0.2) is 0 Å². The van der Waals surface area contributed by atoms with Crippen molar-refractivity contribution in [2.75, 3.05) is 0 Å². The summed E-state index contributed by atoms with van der Waals surface area (Å²) in [4.78, 5) is 10.4. The summed E-state index contributed by atoms with van der Waals surface area (Å²) in [6.07, 6.45) is 14.7. The average Bonchev–Trinajstić information content (AvgIpc) is 3.69. The minimum Gasteiger partial charge on any atom is -0.294 e. The minimum absolute atomic E-state index is 0.522. The van der Waals surface area contributed by atoms with Gasteiger partial charge in [0.25, 0.3) is 0 Å². The van der Waals surface area contributed by atoms with Crippen LogP contribution in [0.3, 0.4) is 0 Å². The summed E-state index contributed by atoms with van der Waals surface area (Å²) >= 11 is 0. The molecule has 0 saturated heterocycles. The summed E-state index contributed by atoms with van der Waals surface area (Å²) in [5.74, 6) is 2.41. The Kier molecular flexibility index (Phi) is 6.95. The Morgan fingerprint density at radius 2 is 1.55 bits per heavy atom. The largest absolute Gasteiger partial charge is 0.294 e. The van der Waals surface area contributed by atoms with Crippen molar-refractivity contribution in [1.82, 2.24) is 14.1 Å². The molecule has 2 aliphatic carbocycles. The lowest BCUT2D eigenvalue weighted by atomic mass is 9.80. The van der Waals surface area contributed by atoms with E-state index in [1.807, 2.05) is 79.9 Å². The van der Waals surface area contributed by atoms with Crippen LogP contribution in [0.5, 0.6) is 0 Å². The van der Waals surface area contributed by atoms with Gasteiger partial charge in [-0.1, -0.05) is 60.7 Å². The van der Waals surface area contributed by atoms with Gasteiger partial charge in [-0.05, 0) is 104 Å². The van der Waals surface area contributed by atoms with E-state index in [1.165, 1.54) is 16.8 Å². The van der Waals surface area contributed by atoms with Gasteiger partial charge in [-0.25, -0.2) is 9.98 Å². The molecule has 9 rings (SSSR count). The average molecular weight is 658 g/mol. The molecule has 0 radical (unpaired) electrons. The van der Waals surface area contributed by atoms with E-state index >= 15 is 0 Å². The molecule has 51 heavy (non-hydrogen) atoms. The normalized spacial score (nSPS) is 16.9. The third kappa shape index (κ3) is 4.77. The first-order valence-electron chi connectivity index (χ1n) is 17.3. The van der Waals surface area contributed by atoms with Crippen molar-refractivity contribution in [3.63, 3.8) is 0 Å². The van der Waals surface area contributed by atoms with Crippen LogP contribution in [0.4, 0.5) is 5.82 Å². The summed E-state index contributed by atoms with van der Waals surface area (Å²) in [6.45, 7) is 1.95. The fourth-order valence-corrected chi connectivity index (χ4v) is 8.02. The number of fused-ring (bicyclic) bond motifs is 6. The van der Waals surface area contributed by atoms with Crippen molar-refractivity contribution in [2.24, 2.45) is 10.4 Å². The van der Waals surface area contributed by atoms with E-state index in [1.54, 1.807) is 0 Å². The van der Waals surface area contributed by atoms with Crippen LogP contribution in [-0.4, -0.2) is 20.3 Å². The number of nitrogens with zero attached hydrogens (tertiary/aromatic N) is 7. The highest BCUT2D eigenvalue weighted by Gasteiger charge is 2.32. The van der Waals surface area contributed by atoms with Crippen LogP contribution in [0.25, 0.3) is 56.9 Å². The topological polar surface area (TPSA) is 106 Å². The SMILES string of the molecule is CC1(C#N)C=Cc2c(c3cc(C#N)ccc3n2-c2cc(-c3ccccc3-c3ccccc3C#N)cc(-n3c4c(c5c3N=CCC5)C=CCC4)n2)C1. The summed E-state index contributed by atoms with van der Waals surface area (Å²) in [6, 6.07) is 33.1. The highest BCUT2D eigenvalue weighted by Crippen LogP contribution is 2.43. The lowest BCUT2D eigenvalue weighted by Gasteiger charge is -2.23. The Morgan fingerprint density at radius 3 is 2.35 bits per heavy atom. The Labute approximate surface area is 296 Å². The third-order valence-electron chi connectivity index (χ3n) is 10.4. The van der Waals surface area contributed by atoms with E-state index < -0.39 is 5.41 Å². The van der Waals surface area contributed by atoms with Gasteiger partial charge in [0.1, 0.15) is 17.5 Å². The number of aliphatic imine (C=N–C) groups is 1. The predicted octanol–water partition coefficient (Wildman–Crippen LogP) is 9.60. The van der Waals surface area contributed by atoms with Gasteiger partial charge in [-0.2, -0.15) is 15.8 Å². The summed E-state index contributed by atoms with van der Waals surface area (Å²) in [7, 11) is 0. The van der Waals surface area contributed by atoms with Gasteiger partial charge in [0, 0.05) is 34.0 Å². The van der Waals surface area contributed by atoms with E-state index in [0.717, 1.165) is 87.6 Å². The standard InChI is InChI=1S/C44H31N7/c1-44(27-47)19-18-40-37(24-44)36-21-28(25-45)16-17-39(36)50(40)41-22-30(32-11-4-5-12-33(32)31-10-3-2-9-29(31)26-46)23-42(49-41)51-38-15-7-6-13-34(38)35-14-8-20-48-43(35)51/h2-6,9-13,16-23H,7-8,14-15,24H2,1H3. The van der Waals surface area contributed by atoms with Crippen LogP contribution in [0.1, 0.15) is 59.0 Å². The molecule has 7 heteroatoms. The molecule has 1 atom stereocenters. The fourth-order valence-electron chi connectivity index (χ4n) is 8.02. The number of nitriles is 3. The van der Waals surface area contributed by atoms with E-state index in [2.05, 4.69) is 63.8 Å². The highest BCUT2D eigenvalue weighted by atomic mass is 15.2. The van der Waals surface area contributed by atoms with Gasteiger partial charge in [0.2, 0.25) is 0 Å². The first kappa shape index (κ1) is 30.3. The molecule has 242 valence electrons. The van der Waals surface area contributed by atoms with Crippen molar-refractivity contribution < 1.29 is 0 Å². The summed E-state index contributed by atoms with van der Waals surface area (Å²) in [5, 5.41) is 31.0. The van der Waals surface area contributed by atoms with Crippen molar-refractivity contribution in [1.29, 1.82) is 15.8 Å². The number of hydrogen-bond acceptors (Lipinski definition) is 5. The van der Waals surface area contributed by atoms with Crippen molar-refractivity contribution >= 4 is 35.1 Å². The van der Waals surface area contributed by atoms with Crippen molar-refractivity contribution in [2.45, 2.75) is 39.0 Å². The first-order chi connectivity index (χ1) is 25.0.